The minimum absolute atomic E-state index is 0.154. The van der Waals surface area contributed by atoms with E-state index in [4.69, 9.17) is 4.74 Å². The molecule has 0 bridgehead atoms. The van der Waals surface area contributed by atoms with Crippen LogP contribution in [0.4, 0.5) is 5.69 Å². The van der Waals surface area contributed by atoms with Crippen molar-refractivity contribution in [1.29, 1.82) is 0 Å². The maximum absolute atomic E-state index is 12.9. The molecule has 0 N–H and O–H groups in total. The average molecular weight is 385 g/mol. The van der Waals surface area contributed by atoms with Crippen LogP contribution in [-0.4, -0.2) is 34.4 Å². The summed E-state index contributed by atoms with van der Waals surface area (Å²) < 4.78 is 6.32. The van der Waals surface area contributed by atoms with Crippen molar-refractivity contribution in [3.05, 3.63) is 63.1 Å². The molecule has 8 heteroatoms. The van der Waals surface area contributed by atoms with Gasteiger partial charge >= 0.3 is 5.69 Å². The molecule has 0 saturated carbocycles. The number of hydrogen-bond donors (Lipinski definition) is 0. The number of nitro benzene ring substituents is 1. The normalized spacial score (nSPS) is 12.0. The molecule has 1 amide bonds. The van der Waals surface area contributed by atoms with Crippen molar-refractivity contribution < 1.29 is 14.5 Å². The van der Waals surface area contributed by atoms with Crippen LogP contribution in [0.3, 0.4) is 0 Å². The predicted octanol–water partition coefficient (Wildman–Crippen LogP) is 4.44. The number of rotatable bonds is 6. The second-order valence-electron chi connectivity index (χ2n) is 5.98. The van der Waals surface area contributed by atoms with Crippen molar-refractivity contribution in [2.45, 2.75) is 19.9 Å². The van der Waals surface area contributed by atoms with Crippen LogP contribution in [0, 0.1) is 10.1 Å². The summed E-state index contributed by atoms with van der Waals surface area (Å²) in [4.78, 5) is 29.7. The molecule has 1 aromatic heterocycles. The van der Waals surface area contributed by atoms with Gasteiger partial charge in [-0.25, -0.2) is 4.98 Å². The molecule has 0 aliphatic heterocycles. The largest absolute Gasteiger partial charge is 0.487 e. The van der Waals surface area contributed by atoms with Crippen molar-refractivity contribution in [1.82, 2.24) is 9.88 Å². The zero-order valence-corrected chi connectivity index (χ0v) is 16.0. The summed E-state index contributed by atoms with van der Waals surface area (Å²) in [6.07, 6.45) is 0. The fourth-order valence-electron chi connectivity index (χ4n) is 2.68. The van der Waals surface area contributed by atoms with E-state index in [2.05, 4.69) is 4.98 Å². The molecule has 3 aromatic rings. The van der Waals surface area contributed by atoms with Gasteiger partial charge in [0.25, 0.3) is 5.91 Å². The summed E-state index contributed by atoms with van der Waals surface area (Å²) in [6.45, 7) is 3.94. The molecule has 2 aromatic carbocycles. The molecule has 0 radical (unpaired) electrons. The Bertz CT molecular complexity index is 969. The standard InChI is InChI=1S/C19H19N3O4S/c1-4-26-16-10-9-13(11-15(16)22(24)25)19(23)21(3)12(2)18-20-14-7-5-6-8-17(14)27-18/h5-12H,4H2,1-3H3/t12-/m0/s1. The van der Waals surface area contributed by atoms with Crippen molar-refractivity contribution in [3.8, 4) is 5.75 Å². The highest BCUT2D eigenvalue weighted by atomic mass is 32.1. The molecular weight excluding hydrogens is 366 g/mol. The SMILES string of the molecule is CCOc1ccc(C(=O)N(C)[C@@H](C)c2nc3ccccc3s2)cc1[N+](=O)[O-]. The number of benzene rings is 2. The minimum atomic E-state index is -0.543. The van der Waals surface area contributed by atoms with Crippen LogP contribution in [0.5, 0.6) is 5.75 Å². The van der Waals surface area contributed by atoms with Crippen LogP contribution in [0.15, 0.2) is 42.5 Å². The molecule has 27 heavy (non-hydrogen) atoms. The van der Waals surface area contributed by atoms with Gasteiger partial charge in [0.05, 0.1) is 27.8 Å². The quantitative estimate of drug-likeness (QED) is 0.463. The summed E-state index contributed by atoms with van der Waals surface area (Å²) in [6, 6.07) is 11.8. The van der Waals surface area contributed by atoms with Crippen molar-refractivity contribution in [2.24, 2.45) is 0 Å². The summed E-state index contributed by atoms with van der Waals surface area (Å²) >= 11 is 1.53. The lowest BCUT2D eigenvalue weighted by Crippen LogP contribution is -2.29. The molecule has 1 atom stereocenters. The topological polar surface area (TPSA) is 85.6 Å². The number of nitrogens with zero attached hydrogens (tertiary/aromatic N) is 3. The summed E-state index contributed by atoms with van der Waals surface area (Å²) in [5.41, 5.74) is 0.909. The predicted molar refractivity (Wildman–Crippen MR) is 104 cm³/mol. The van der Waals surface area contributed by atoms with Gasteiger partial charge in [0.1, 0.15) is 5.01 Å². The highest BCUT2D eigenvalue weighted by molar-refractivity contribution is 7.18. The highest BCUT2D eigenvalue weighted by Crippen LogP contribution is 2.31. The second kappa shape index (κ2) is 7.71. The average Bonchev–Trinajstić information content (AvgIpc) is 3.10. The lowest BCUT2D eigenvalue weighted by Gasteiger charge is -2.23. The summed E-state index contributed by atoms with van der Waals surface area (Å²) in [5.74, 6) is -0.158. The van der Waals surface area contributed by atoms with Gasteiger partial charge in [-0.15, -0.1) is 11.3 Å². The maximum Gasteiger partial charge on any atom is 0.311 e. The highest BCUT2D eigenvalue weighted by Gasteiger charge is 2.25. The number of ether oxygens (including phenoxy) is 1. The number of carbonyl (C=O) groups excluding carboxylic acids is 1. The van der Waals surface area contributed by atoms with Gasteiger partial charge in [0, 0.05) is 18.7 Å². The van der Waals surface area contributed by atoms with Crippen molar-refractivity contribution in [3.63, 3.8) is 0 Å². The number of para-hydroxylation sites is 1. The van der Waals surface area contributed by atoms with Gasteiger partial charge < -0.3 is 9.64 Å². The zero-order chi connectivity index (χ0) is 19.6. The Labute approximate surface area is 160 Å². The second-order valence-corrected chi connectivity index (χ2v) is 7.05. The van der Waals surface area contributed by atoms with E-state index < -0.39 is 4.92 Å². The molecule has 0 spiro atoms. The first kappa shape index (κ1) is 18.8. The monoisotopic (exact) mass is 385 g/mol. The van der Waals surface area contributed by atoms with Crippen LogP contribution in [0.2, 0.25) is 0 Å². The Hall–Kier alpha value is -3.00. The number of aromatic nitrogens is 1. The summed E-state index contributed by atoms with van der Waals surface area (Å²) in [5, 5.41) is 12.1. The first-order chi connectivity index (χ1) is 12.9. The lowest BCUT2D eigenvalue weighted by atomic mass is 10.1. The van der Waals surface area contributed by atoms with E-state index in [0.29, 0.717) is 6.61 Å². The lowest BCUT2D eigenvalue weighted by molar-refractivity contribution is -0.385. The van der Waals surface area contributed by atoms with E-state index in [1.54, 1.807) is 20.0 Å². The number of carbonyl (C=O) groups is 1. The minimum Gasteiger partial charge on any atom is -0.487 e. The smallest absolute Gasteiger partial charge is 0.311 e. The van der Waals surface area contributed by atoms with Crippen LogP contribution < -0.4 is 4.74 Å². The molecule has 0 aliphatic carbocycles. The maximum atomic E-state index is 12.9. The van der Waals surface area contributed by atoms with Gasteiger partial charge in [-0.1, -0.05) is 12.1 Å². The fraction of sp³-hybridized carbons (Fsp3) is 0.263. The van der Waals surface area contributed by atoms with Crippen LogP contribution in [0.25, 0.3) is 10.2 Å². The zero-order valence-electron chi connectivity index (χ0n) is 15.2. The number of amides is 1. The first-order valence-electron chi connectivity index (χ1n) is 8.46. The third-order valence-corrected chi connectivity index (χ3v) is 5.48. The Kier molecular flexibility index (Phi) is 5.36. The third kappa shape index (κ3) is 3.75. The number of nitro groups is 1. The number of fused-ring (bicyclic) bond motifs is 1. The molecule has 7 nitrogen and oxygen atoms in total. The van der Waals surface area contributed by atoms with E-state index >= 15 is 0 Å². The Morgan fingerprint density at radius 1 is 1.33 bits per heavy atom. The van der Waals surface area contributed by atoms with Crippen LogP contribution in [0.1, 0.15) is 35.3 Å². The Morgan fingerprint density at radius 2 is 2.07 bits per heavy atom. The van der Waals surface area contributed by atoms with Crippen molar-refractivity contribution in [2.75, 3.05) is 13.7 Å². The van der Waals surface area contributed by atoms with E-state index in [0.717, 1.165) is 15.2 Å². The van der Waals surface area contributed by atoms with E-state index in [1.165, 1.54) is 28.4 Å². The molecule has 0 saturated heterocycles. The molecule has 1 heterocycles. The van der Waals surface area contributed by atoms with Crippen molar-refractivity contribution >= 4 is 33.1 Å². The van der Waals surface area contributed by atoms with E-state index in [1.807, 2.05) is 31.2 Å². The van der Waals surface area contributed by atoms with E-state index in [-0.39, 0.29) is 28.9 Å². The Balaban J connectivity index is 1.87. The molecule has 3 rings (SSSR count). The fourth-order valence-corrected chi connectivity index (χ4v) is 3.75. The molecule has 140 valence electrons. The number of hydrogen-bond acceptors (Lipinski definition) is 6. The van der Waals surface area contributed by atoms with Gasteiger partial charge in [-0.05, 0) is 38.1 Å². The van der Waals surface area contributed by atoms with Gasteiger partial charge in [0.15, 0.2) is 5.75 Å². The number of thiazole rings is 1. The third-order valence-electron chi connectivity index (χ3n) is 4.27. The van der Waals surface area contributed by atoms with Crippen LogP contribution >= 0.6 is 11.3 Å². The Morgan fingerprint density at radius 3 is 2.74 bits per heavy atom. The van der Waals surface area contributed by atoms with Gasteiger partial charge in [0.2, 0.25) is 0 Å². The van der Waals surface area contributed by atoms with E-state index in [9.17, 15) is 14.9 Å². The molecular formula is C19H19N3O4S. The first-order valence-corrected chi connectivity index (χ1v) is 9.28. The molecule has 0 fully saturated rings. The molecule has 0 unspecified atom stereocenters. The summed E-state index contributed by atoms with van der Waals surface area (Å²) in [7, 11) is 1.67. The van der Waals surface area contributed by atoms with Gasteiger partial charge in [-0.3, -0.25) is 14.9 Å². The van der Waals surface area contributed by atoms with Gasteiger partial charge in [-0.2, -0.15) is 0 Å². The van der Waals surface area contributed by atoms with Crippen LogP contribution in [-0.2, 0) is 0 Å². The molecule has 0 aliphatic rings.